The van der Waals surface area contributed by atoms with E-state index in [-0.39, 0.29) is 28.1 Å². The predicted molar refractivity (Wildman–Crippen MR) is 109 cm³/mol. The van der Waals surface area contributed by atoms with Gasteiger partial charge in [0.15, 0.2) is 5.16 Å². The standard InChI is InChI=1S/C18H22ClN5O3S/c1-23-16(9-12-5-3-2-4-6-12)21-22-18(23)28-11-17(25)20-15-10-13(24(26)27)7-8-14(15)19/h7-8,10,12H,2-6,9,11H2,1H3,(H,20,25). The molecule has 150 valence electrons. The van der Waals surface area contributed by atoms with Gasteiger partial charge >= 0.3 is 0 Å². The SMILES string of the molecule is Cn1c(CC2CCCCC2)nnc1SCC(=O)Nc1cc([N+](=O)[O-])ccc1Cl. The highest BCUT2D eigenvalue weighted by atomic mass is 35.5. The second kappa shape index (κ2) is 9.38. The van der Waals surface area contributed by atoms with E-state index in [2.05, 4.69) is 15.5 Å². The predicted octanol–water partition coefficient (Wildman–Crippen LogP) is 4.23. The number of amides is 1. The zero-order valence-corrected chi connectivity index (χ0v) is 17.1. The molecule has 1 aliphatic carbocycles. The molecule has 1 fully saturated rings. The number of halogens is 1. The molecule has 28 heavy (non-hydrogen) atoms. The number of rotatable bonds is 7. The van der Waals surface area contributed by atoms with Crippen molar-refractivity contribution in [1.82, 2.24) is 14.8 Å². The quantitative estimate of drug-likeness (QED) is 0.406. The molecule has 0 atom stereocenters. The highest BCUT2D eigenvalue weighted by Crippen LogP contribution is 2.28. The third-order valence-electron chi connectivity index (χ3n) is 4.89. The normalized spacial score (nSPS) is 14.8. The molecule has 1 N–H and O–H groups in total. The molecule has 8 nitrogen and oxygen atoms in total. The molecule has 0 bridgehead atoms. The lowest BCUT2D eigenvalue weighted by molar-refractivity contribution is -0.384. The van der Waals surface area contributed by atoms with E-state index in [0.29, 0.717) is 11.1 Å². The van der Waals surface area contributed by atoms with Crippen LogP contribution in [0.5, 0.6) is 0 Å². The van der Waals surface area contributed by atoms with E-state index >= 15 is 0 Å². The molecule has 3 rings (SSSR count). The van der Waals surface area contributed by atoms with Crippen LogP contribution in [-0.4, -0.2) is 31.3 Å². The lowest BCUT2D eigenvalue weighted by Gasteiger charge is -2.20. The fraction of sp³-hybridized carbons (Fsp3) is 0.500. The minimum atomic E-state index is -0.534. The summed E-state index contributed by atoms with van der Waals surface area (Å²) < 4.78 is 1.94. The maximum Gasteiger partial charge on any atom is 0.271 e. The average molecular weight is 424 g/mol. The Hall–Kier alpha value is -2.13. The van der Waals surface area contributed by atoms with Crippen LogP contribution < -0.4 is 5.32 Å². The van der Waals surface area contributed by atoms with Gasteiger partial charge in [-0.1, -0.05) is 55.5 Å². The van der Waals surface area contributed by atoms with E-state index in [1.807, 2.05) is 11.6 Å². The fourth-order valence-electron chi connectivity index (χ4n) is 3.34. The average Bonchev–Trinajstić information content (AvgIpc) is 3.02. The van der Waals surface area contributed by atoms with E-state index in [1.165, 1.54) is 62.1 Å². The second-order valence-electron chi connectivity index (χ2n) is 6.92. The third-order valence-corrected chi connectivity index (χ3v) is 6.24. The summed E-state index contributed by atoms with van der Waals surface area (Å²) in [6.45, 7) is 0. The molecule has 0 radical (unpaired) electrons. The van der Waals surface area contributed by atoms with Gasteiger partial charge < -0.3 is 9.88 Å². The summed E-state index contributed by atoms with van der Waals surface area (Å²) in [7, 11) is 1.91. The first-order chi connectivity index (χ1) is 13.4. The van der Waals surface area contributed by atoms with Crippen LogP contribution in [0.15, 0.2) is 23.4 Å². The maximum absolute atomic E-state index is 12.2. The van der Waals surface area contributed by atoms with Gasteiger partial charge in [0.1, 0.15) is 5.82 Å². The summed E-state index contributed by atoms with van der Waals surface area (Å²) in [5.74, 6) is 1.39. The Morgan fingerprint density at radius 3 is 2.82 bits per heavy atom. The summed E-state index contributed by atoms with van der Waals surface area (Å²) in [6.07, 6.45) is 7.28. The highest BCUT2D eigenvalue weighted by molar-refractivity contribution is 7.99. The Labute approximate surface area is 172 Å². The van der Waals surface area contributed by atoms with Crippen LogP contribution in [-0.2, 0) is 18.3 Å². The smallest absolute Gasteiger partial charge is 0.271 e. The lowest BCUT2D eigenvalue weighted by Crippen LogP contribution is -2.15. The number of anilines is 1. The number of hydrogen-bond donors (Lipinski definition) is 1. The van der Waals surface area contributed by atoms with Gasteiger partial charge in [-0.05, 0) is 12.0 Å². The lowest BCUT2D eigenvalue weighted by atomic mass is 9.87. The number of nitrogens with one attached hydrogen (secondary N) is 1. The summed E-state index contributed by atoms with van der Waals surface area (Å²) in [4.78, 5) is 22.6. The minimum absolute atomic E-state index is 0.106. The van der Waals surface area contributed by atoms with Gasteiger partial charge in [0, 0.05) is 25.6 Å². The van der Waals surface area contributed by atoms with Gasteiger partial charge in [0.05, 0.1) is 21.4 Å². The summed E-state index contributed by atoms with van der Waals surface area (Å²) in [5, 5.41) is 22.9. The molecular formula is C18H22ClN5O3S. The van der Waals surface area contributed by atoms with E-state index in [1.54, 1.807) is 0 Å². The number of non-ortho nitro benzene ring substituents is 1. The van der Waals surface area contributed by atoms with Crippen LogP contribution in [0.1, 0.15) is 37.9 Å². The van der Waals surface area contributed by atoms with Crippen molar-refractivity contribution in [2.24, 2.45) is 13.0 Å². The molecule has 0 spiro atoms. The fourth-order valence-corrected chi connectivity index (χ4v) is 4.23. The maximum atomic E-state index is 12.2. The van der Waals surface area contributed by atoms with Crippen LogP contribution in [0, 0.1) is 16.0 Å². The van der Waals surface area contributed by atoms with Gasteiger partial charge in [0.25, 0.3) is 5.69 Å². The molecule has 1 heterocycles. The van der Waals surface area contributed by atoms with Gasteiger partial charge in [-0.25, -0.2) is 0 Å². The van der Waals surface area contributed by atoms with Gasteiger partial charge in [-0.2, -0.15) is 0 Å². The van der Waals surface area contributed by atoms with Crippen LogP contribution in [0.2, 0.25) is 5.02 Å². The Kier molecular flexibility index (Phi) is 6.90. The first-order valence-electron chi connectivity index (χ1n) is 9.19. The Morgan fingerprint density at radius 1 is 1.36 bits per heavy atom. The largest absolute Gasteiger partial charge is 0.324 e. The summed E-state index contributed by atoms with van der Waals surface area (Å²) >= 11 is 7.29. The van der Waals surface area contributed by atoms with Gasteiger partial charge in [-0.15, -0.1) is 10.2 Å². The van der Waals surface area contributed by atoms with Crippen molar-refractivity contribution >= 4 is 40.6 Å². The number of nitro groups is 1. The second-order valence-corrected chi connectivity index (χ2v) is 8.27. The third kappa shape index (κ3) is 5.23. The number of nitrogens with zero attached hydrogens (tertiary/aromatic N) is 4. The molecular weight excluding hydrogens is 402 g/mol. The van der Waals surface area contributed by atoms with E-state index in [9.17, 15) is 14.9 Å². The van der Waals surface area contributed by atoms with Crippen LogP contribution in [0.4, 0.5) is 11.4 Å². The molecule has 2 aromatic rings. The zero-order chi connectivity index (χ0) is 20.1. The molecule has 0 unspecified atom stereocenters. The number of thioether (sulfide) groups is 1. The Balaban J connectivity index is 1.56. The number of benzene rings is 1. The minimum Gasteiger partial charge on any atom is -0.324 e. The molecule has 1 amide bonds. The molecule has 1 saturated carbocycles. The molecule has 10 heteroatoms. The first kappa shape index (κ1) is 20.6. The van der Waals surface area contributed by atoms with Crippen LogP contribution in [0.25, 0.3) is 0 Å². The van der Waals surface area contributed by atoms with Gasteiger partial charge in [-0.3, -0.25) is 14.9 Å². The zero-order valence-electron chi connectivity index (χ0n) is 15.6. The highest BCUT2D eigenvalue weighted by Gasteiger charge is 2.19. The van der Waals surface area contributed by atoms with Crippen molar-refractivity contribution < 1.29 is 9.72 Å². The number of nitro benzene ring substituents is 1. The topological polar surface area (TPSA) is 103 Å². The van der Waals surface area contributed by atoms with Crippen molar-refractivity contribution in [3.63, 3.8) is 0 Å². The van der Waals surface area contributed by atoms with Crippen molar-refractivity contribution in [2.45, 2.75) is 43.7 Å². The van der Waals surface area contributed by atoms with Crippen molar-refractivity contribution in [3.05, 3.63) is 39.2 Å². The summed E-state index contributed by atoms with van der Waals surface area (Å²) in [6, 6.07) is 3.93. The van der Waals surface area contributed by atoms with Crippen LogP contribution in [0.3, 0.4) is 0 Å². The van der Waals surface area contributed by atoms with Crippen molar-refractivity contribution in [1.29, 1.82) is 0 Å². The number of carbonyl (C=O) groups excluding carboxylic acids is 1. The Morgan fingerprint density at radius 2 is 2.11 bits per heavy atom. The molecule has 1 aromatic carbocycles. The molecule has 0 aliphatic heterocycles. The first-order valence-corrected chi connectivity index (χ1v) is 10.5. The number of hydrogen-bond acceptors (Lipinski definition) is 6. The van der Waals surface area contributed by atoms with Crippen LogP contribution >= 0.6 is 23.4 Å². The van der Waals surface area contributed by atoms with E-state index in [4.69, 9.17) is 11.6 Å². The van der Waals surface area contributed by atoms with E-state index < -0.39 is 4.92 Å². The molecule has 0 saturated heterocycles. The van der Waals surface area contributed by atoms with Gasteiger partial charge in [0.2, 0.25) is 5.91 Å². The van der Waals surface area contributed by atoms with E-state index in [0.717, 1.165) is 12.2 Å². The number of aromatic nitrogens is 3. The molecule has 1 aromatic heterocycles. The Bertz CT molecular complexity index is 867. The molecule has 1 aliphatic rings. The number of carbonyl (C=O) groups is 1. The van der Waals surface area contributed by atoms with Crippen molar-refractivity contribution in [3.8, 4) is 0 Å². The van der Waals surface area contributed by atoms with Crippen molar-refractivity contribution in [2.75, 3.05) is 11.1 Å². The monoisotopic (exact) mass is 423 g/mol. The summed E-state index contributed by atoms with van der Waals surface area (Å²) in [5.41, 5.74) is 0.0884.